The maximum atomic E-state index is 13.0. The SMILES string of the molecule is Cc1ccc(NC(=S)NC(=O)C(c2ccccc2)c2ccccc2)cc1[N+](=O)[O-]. The van der Waals surface area contributed by atoms with Crippen molar-refractivity contribution in [2.75, 3.05) is 5.32 Å². The molecule has 0 fully saturated rings. The lowest BCUT2D eigenvalue weighted by Gasteiger charge is -2.18. The number of nitro benzene ring substituents is 1. The molecular weight excluding hydrogens is 386 g/mol. The monoisotopic (exact) mass is 405 g/mol. The average Bonchev–Trinajstić information content (AvgIpc) is 2.71. The van der Waals surface area contributed by atoms with Gasteiger partial charge in [-0.2, -0.15) is 0 Å². The van der Waals surface area contributed by atoms with E-state index in [1.54, 1.807) is 19.1 Å². The van der Waals surface area contributed by atoms with Crippen LogP contribution in [0.1, 0.15) is 22.6 Å². The van der Waals surface area contributed by atoms with Crippen molar-refractivity contribution in [3.05, 3.63) is 106 Å². The fourth-order valence-electron chi connectivity index (χ4n) is 3.02. The number of thiocarbonyl (C=S) groups is 1. The summed E-state index contributed by atoms with van der Waals surface area (Å²) in [6.45, 7) is 1.66. The largest absolute Gasteiger partial charge is 0.332 e. The number of aryl methyl sites for hydroxylation is 1. The normalized spacial score (nSPS) is 10.4. The van der Waals surface area contributed by atoms with Gasteiger partial charge in [0.15, 0.2) is 5.11 Å². The van der Waals surface area contributed by atoms with E-state index in [4.69, 9.17) is 12.2 Å². The molecule has 146 valence electrons. The number of carbonyl (C=O) groups excluding carboxylic acids is 1. The summed E-state index contributed by atoms with van der Waals surface area (Å²) in [6.07, 6.45) is 0. The minimum absolute atomic E-state index is 0.0180. The number of nitro groups is 1. The van der Waals surface area contributed by atoms with Gasteiger partial charge in [-0.05, 0) is 36.3 Å². The standard InChI is InChI=1S/C22H19N3O3S/c1-15-12-13-18(14-19(15)25(27)28)23-22(29)24-21(26)20(16-8-4-2-5-9-16)17-10-6-3-7-11-17/h2-14,20H,1H3,(H2,23,24,26,29). The van der Waals surface area contributed by atoms with E-state index >= 15 is 0 Å². The van der Waals surface area contributed by atoms with E-state index in [-0.39, 0.29) is 16.7 Å². The second-order valence-electron chi connectivity index (χ2n) is 6.46. The first kappa shape index (κ1) is 20.2. The molecule has 0 heterocycles. The Bertz CT molecular complexity index is 1000. The molecule has 6 nitrogen and oxygen atoms in total. The number of rotatable bonds is 5. The summed E-state index contributed by atoms with van der Waals surface area (Å²) in [4.78, 5) is 23.7. The lowest BCUT2D eigenvalue weighted by Crippen LogP contribution is -2.37. The molecule has 3 rings (SSSR count). The van der Waals surface area contributed by atoms with Crippen molar-refractivity contribution in [1.29, 1.82) is 0 Å². The lowest BCUT2D eigenvalue weighted by atomic mass is 9.90. The fourth-order valence-corrected chi connectivity index (χ4v) is 3.23. The van der Waals surface area contributed by atoms with E-state index in [1.807, 2.05) is 60.7 Å². The number of hydrogen-bond acceptors (Lipinski definition) is 4. The minimum atomic E-state index is -0.537. The molecule has 0 saturated heterocycles. The summed E-state index contributed by atoms with van der Waals surface area (Å²) >= 11 is 5.26. The average molecular weight is 405 g/mol. The smallest absolute Gasteiger partial charge is 0.274 e. The molecule has 3 aromatic rings. The highest BCUT2D eigenvalue weighted by atomic mass is 32.1. The Morgan fingerprint density at radius 2 is 1.52 bits per heavy atom. The van der Waals surface area contributed by atoms with Crippen LogP contribution in [0.5, 0.6) is 0 Å². The van der Waals surface area contributed by atoms with Crippen molar-refractivity contribution in [1.82, 2.24) is 5.32 Å². The van der Waals surface area contributed by atoms with Gasteiger partial charge in [-0.3, -0.25) is 14.9 Å². The van der Waals surface area contributed by atoms with Crippen LogP contribution in [0.3, 0.4) is 0 Å². The van der Waals surface area contributed by atoms with Gasteiger partial charge in [0.25, 0.3) is 5.69 Å². The van der Waals surface area contributed by atoms with Crippen LogP contribution in [0, 0.1) is 17.0 Å². The van der Waals surface area contributed by atoms with Crippen molar-refractivity contribution in [2.24, 2.45) is 0 Å². The fraction of sp³-hybridized carbons (Fsp3) is 0.0909. The predicted molar refractivity (Wildman–Crippen MR) is 117 cm³/mol. The molecule has 29 heavy (non-hydrogen) atoms. The number of benzene rings is 3. The predicted octanol–water partition coefficient (Wildman–Crippen LogP) is 4.55. The van der Waals surface area contributed by atoms with E-state index in [0.29, 0.717) is 11.3 Å². The van der Waals surface area contributed by atoms with Crippen molar-refractivity contribution >= 4 is 34.6 Å². The molecule has 0 bridgehead atoms. The highest BCUT2D eigenvalue weighted by molar-refractivity contribution is 7.80. The van der Waals surface area contributed by atoms with E-state index in [1.165, 1.54) is 6.07 Å². The van der Waals surface area contributed by atoms with Gasteiger partial charge < -0.3 is 10.6 Å². The zero-order valence-electron chi connectivity index (χ0n) is 15.7. The molecule has 7 heteroatoms. The molecule has 0 saturated carbocycles. The molecule has 0 aliphatic heterocycles. The number of amides is 1. The Balaban J connectivity index is 1.79. The number of carbonyl (C=O) groups is 1. The van der Waals surface area contributed by atoms with Crippen LogP contribution in [0.4, 0.5) is 11.4 Å². The quantitative estimate of drug-likeness (QED) is 0.370. The zero-order chi connectivity index (χ0) is 20.8. The first-order chi connectivity index (χ1) is 14.0. The van der Waals surface area contributed by atoms with Gasteiger partial charge in [0.1, 0.15) is 0 Å². The lowest BCUT2D eigenvalue weighted by molar-refractivity contribution is -0.385. The van der Waals surface area contributed by atoms with E-state index in [0.717, 1.165) is 11.1 Å². The van der Waals surface area contributed by atoms with E-state index in [2.05, 4.69) is 10.6 Å². The van der Waals surface area contributed by atoms with E-state index < -0.39 is 10.8 Å². The van der Waals surface area contributed by atoms with Gasteiger partial charge >= 0.3 is 0 Å². The van der Waals surface area contributed by atoms with Crippen LogP contribution < -0.4 is 10.6 Å². The van der Waals surface area contributed by atoms with Gasteiger partial charge in [-0.1, -0.05) is 66.7 Å². The second-order valence-corrected chi connectivity index (χ2v) is 6.86. The molecule has 1 amide bonds. The Hall–Kier alpha value is -3.58. The van der Waals surface area contributed by atoms with Crippen molar-refractivity contribution in [2.45, 2.75) is 12.8 Å². The number of nitrogens with one attached hydrogen (secondary N) is 2. The molecule has 0 unspecified atom stereocenters. The number of hydrogen-bond donors (Lipinski definition) is 2. The van der Waals surface area contributed by atoms with Gasteiger partial charge in [0.2, 0.25) is 5.91 Å². The third-order valence-corrected chi connectivity index (χ3v) is 4.63. The molecule has 0 aliphatic rings. The molecular formula is C22H19N3O3S. The minimum Gasteiger partial charge on any atom is -0.332 e. The number of nitrogens with zero attached hydrogens (tertiary/aromatic N) is 1. The van der Waals surface area contributed by atoms with Crippen LogP contribution in [0.25, 0.3) is 0 Å². The molecule has 3 aromatic carbocycles. The molecule has 0 atom stereocenters. The molecule has 2 N–H and O–H groups in total. The van der Waals surface area contributed by atoms with Crippen molar-refractivity contribution in [3.8, 4) is 0 Å². The van der Waals surface area contributed by atoms with Gasteiger partial charge in [0, 0.05) is 17.3 Å². The summed E-state index contributed by atoms with van der Waals surface area (Å²) < 4.78 is 0. The van der Waals surface area contributed by atoms with Crippen LogP contribution in [-0.4, -0.2) is 15.9 Å². The number of anilines is 1. The first-order valence-electron chi connectivity index (χ1n) is 8.92. The Morgan fingerprint density at radius 3 is 2.03 bits per heavy atom. The van der Waals surface area contributed by atoms with Gasteiger partial charge in [-0.25, -0.2) is 0 Å². The Kier molecular flexibility index (Phi) is 6.31. The van der Waals surface area contributed by atoms with Gasteiger partial charge in [-0.15, -0.1) is 0 Å². The molecule has 0 radical (unpaired) electrons. The summed E-state index contributed by atoms with van der Waals surface area (Å²) in [7, 11) is 0. The maximum Gasteiger partial charge on any atom is 0.274 e. The first-order valence-corrected chi connectivity index (χ1v) is 9.33. The van der Waals surface area contributed by atoms with E-state index in [9.17, 15) is 14.9 Å². The highest BCUT2D eigenvalue weighted by Gasteiger charge is 2.23. The third-order valence-electron chi connectivity index (χ3n) is 4.43. The van der Waals surface area contributed by atoms with Gasteiger partial charge in [0.05, 0.1) is 10.8 Å². The Labute approximate surface area is 173 Å². The van der Waals surface area contributed by atoms with Crippen molar-refractivity contribution < 1.29 is 9.72 Å². The van der Waals surface area contributed by atoms with Crippen LogP contribution >= 0.6 is 12.2 Å². The maximum absolute atomic E-state index is 13.0. The van der Waals surface area contributed by atoms with Crippen LogP contribution in [-0.2, 0) is 4.79 Å². The topological polar surface area (TPSA) is 84.3 Å². The van der Waals surface area contributed by atoms with Crippen LogP contribution in [0.15, 0.2) is 78.9 Å². The highest BCUT2D eigenvalue weighted by Crippen LogP contribution is 2.25. The molecule has 0 aromatic heterocycles. The molecule has 0 aliphatic carbocycles. The zero-order valence-corrected chi connectivity index (χ0v) is 16.5. The van der Waals surface area contributed by atoms with Crippen molar-refractivity contribution in [3.63, 3.8) is 0 Å². The summed E-state index contributed by atoms with van der Waals surface area (Å²) in [5.74, 6) is -0.828. The summed E-state index contributed by atoms with van der Waals surface area (Å²) in [5.41, 5.74) is 2.64. The third kappa shape index (κ3) is 5.03. The summed E-state index contributed by atoms with van der Waals surface area (Å²) in [6, 6.07) is 23.5. The summed E-state index contributed by atoms with van der Waals surface area (Å²) in [5, 5.41) is 16.7. The Morgan fingerprint density at radius 1 is 0.966 bits per heavy atom. The van der Waals surface area contributed by atoms with Crippen LogP contribution in [0.2, 0.25) is 0 Å². The second kappa shape index (κ2) is 9.07. The molecule has 0 spiro atoms.